The van der Waals surface area contributed by atoms with Crippen LogP contribution in [-0.2, 0) is 0 Å². The Kier molecular flexibility index (Phi) is 3.77. The van der Waals surface area contributed by atoms with E-state index in [-0.39, 0.29) is 6.03 Å². The molecule has 2 amide bonds. The van der Waals surface area contributed by atoms with Crippen LogP contribution in [0.5, 0.6) is 0 Å². The van der Waals surface area contributed by atoms with Gasteiger partial charge in [-0.15, -0.1) is 0 Å². The van der Waals surface area contributed by atoms with E-state index in [4.69, 9.17) is 0 Å². The minimum atomic E-state index is -0.169. The molecule has 86 valence electrons. The normalized spacial score (nSPS) is 16.1. The van der Waals surface area contributed by atoms with Crippen LogP contribution in [0.15, 0.2) is 22.8 Å². The monoisotopic (exact) mass is 283 g/mol. The van der Waals surface area contributed by atoms with Gasteiger partial charge in [0.2, 0.25) is 0 Å². The van der Waals surface area contributed by atoms with E-state index in [2.05, 4.69) is 31.5 Å². The molecule has 0 bridgehead atoms. The molecule has 16 heavy (non-hydrogen) atoms. The molecule has 1 aliphatic carbocycles. The second-order valence-electron chi connectivity index (χ2n) is 3.93. The van der Waals surface area contributed by atoms with Crippen LogP contribution in [0.25, 0.3) is 0 Å². The van der Waals surface area contributed by atoms with Crippen LogP contribution in [0, 0.1) is 0 Å². The maximum atomic E-state index is 11.6. The van der Waals surface area contributed by atoms with Crippen LogP contribution in [-0.4, -0.2) is 17.1 Å². The zero-order chi connectivity index (χ0) is 11.4. The van der Waals surface area contributed by atoms with Gasteiger partial charge in [0.25, 0.3) is 0 Å². The fraction of sp³-hybridized carbons (Fsp3) is 0.455. The zero-order valence-corrected chi connectivity index (χ0v) is 10.5. The highest BCUT2D eigenvalue weighted by Crippen LogP contribution is 2.17. The highest BCUT2D eigenvalue weighted by Gasteiger charge is 2.16. The standard InChI is InChI=1S/C11H14BrN3O/c12-9-6-3-7-10(14-9)15-11(16)13-8-4-1-2-5-8/h3,6-8H,1-2,4-5H2,(H2,13,14,15,16). The number of hydrogen-bond acceptors (Lipinski definition) is 2. The highest BCUT2D eigenvalue weighted by atomic mass is 79.9. The predicted molar refractivity (Wildman–Crippen MR) is 66.3 cm³/mol. The number of carbonyl (C=O) groups is 1. The van der Waals surface area contributed by atoms with Crippen LogP contribution >= 0.6 is 15.9 Å². The second kappa shape index (κ2) is 5.30. The average Bonchev–Trinajstić information content (AvgIpc) is 2.70. The molecule has 1 fully saturated rings. The molecular formula is C11H14BrN3O. The van der Waals surface area contributed by atoms with Crippen molar-refractivity contribution in [3.05, 3.63) is 22.8 Å². The van der Waals surface area contributed by atoms with E-state index in [1.165, 1.54) is 12.8 Å². The Morgan fingerprint density at radius 2 is 2.12 bits per heavy atom. The Labute approximate surface area is 103 Å². The van der Waals surface area contributed by atoms with E-state index in [9.17, 15) is 4.79 Å². The Hall–Kier alpha value is -1.10. The van der Waals surface area contributed by atoms with Crippen LogP contribution in [0.1, 0.15) is 25.7 Å². The van der Waals surface area contributed by atoms with Crippen molar-refractivity contribution in [3.63, 3.8) is 0 Å². The average molecular weight is 284 g/mol. The summed E-state index contributed by atoms with van der Waals surface area (Å²) < 4.78 is 0.714. The molecule has 0 unspecified atom stereocenters. The number of carbonyl (C=O) groups excluding carboxylic acids is 1. The fourth-order valence-corrected chi connectivity index (χ4v) is 2.23. The molecule has 1 saturated carbocycles. The molecule has 4 nitrogen and oxygen atoms in total. The molecule has 0 aromatic carbocycles. The van der Waals surface area contributed by atoms with Crippen LogP contribution in [0.2, 0.25) is 0 Å². The lowest BCUT2D eigenvalue weighted by Gasteiger charge is -2.12. The molecule has 2 N–H and O–H groups in total. The second-order valence-corrected chi connectivity index (χ2v) is 4.74. The smallest absolute Gasteiger partial charge is 0.320 e. The first kappa shape index (κ1) is 11.4. The molecule has 0 spiro atoms. The Bertz CT molecular complexity index is 377. The molecule has 0 aliphatic heterocycles. The Morgan fingerprint density at radius 3 is 2.81 bits per heavy atom. The van der Waals surface area contributed by atoms with Gasteiger partial charge in [0.1, 0.15) is 10.4 Å². The topological polar surface area (TPSA) is 54.0 Å². The summed E-state index contributed by atoms with van der Waals surface area (Å²) in [6.07, 6.45) is 4.58. The van der Waals surface area contributed by atoms with Crippen molar-refractivity contribution in [2.75, 3.05) is 5.32 Å². The molecule has 0 atom stereocenters. The lowest BCUT2D eigenvalue weighted by molar-refractivity contribution is 0.248. The molecular weight excluding hydrogens is 270 g/mol. The van der Waals surface area contributed by atoms with E-state index in [0.717, 1.165) is 12.8 Å². The number of nitrogens with zero attached hydrogens (tertiary/aromatic N) is 1. The molecule has 1 aromatic heterocycles. The summed E-state index contributed by atoms with van der Waals surface area (Å²) in [4.78, 5) is 15.7. The van der Waals surface area contributed by atoms with Crippen molar-refractivity contribution < 1.29 is 4.79 Å². The minimum Gasteiger partial charge on any atom is -0.335 e. The summed E-state index contributed by atoms with van der Waals surface area (Å²) in [7, 11) is 0. The van der Waals surface area contributed by atoms with Crippen molar-refractivity contribution in [2.24, 2.45) is 0 Å². The van der Waals surface area contributed by atoms with Crippen LogP contribution < -0.4 is 10.6 Å². The van der Waals surface area contributed by atoms with Crippen molar-refractivity contribution in [1.82, 2.24) is 10.3 Å². The van der Waals surface area contributed by atoms with Crippen molar-refractivity contribution in [3.8, 4) is 0 Å². The van der Waals surface area contributed by atoms with Gasteiger partial charge in [-0.2, -0.15) is 0 Å². The maximum absolute atomic E-state index is 11.6. The van der Waals surface area contributed by atoms with E-state index >= 15 is 0 Å². The number of urea groups is 1. The third-order valence-corrected chi connectivity index (χ3v) is 3.09. The van der Waals surface area contributed by atoms with Gasteiger partial charge in [-0.3, -0.25) is 5.32 Å². The van der Waals surface area contributed by atoms with Gasteiger partial charge in [-0.1, -0.05) is 18.9 Å². The number of hydrogen-bond donors (Lipinski definition) is 2. The largest absolute Gasteiger partial charge is 0.335 e. The molecule has 2 rings (SSSR count). The lowest BCUT2D eigenvalue weighted by Crippen LogP contribution is -2.36. The first-order valence-electron chi connectivity index (χ1n) is 5.44. The van der Waals surface area contributed by atoms with Crippen molar-refractivity contribution in [1.29, 1.82) is 0 Å². The fourth-order valence-electron chi connectivity index (χ4n) is 1.89. The molecule has 1 aromatic rings. The first-order chi connectivity index (χ1) is 7.74. The van der Waals surface area contributed by atoms with Crippen LogP contribution in [0.3, 0.4) is 0 Å². The summed E-state index contributed by atoms with van der Waals surface area (Å²) in [5.41, 5.74) is 0. The number of nitrogens with one attached hydrogen (secondary N) is 2. The van der Waals surface area contributed by atoms with Crippen molar-refractivity contribution >= 4 is 27.8 Å². The Morgan fingerprint density at radius 1 is 1.38 bits per heavy atom. The molecule has 0 saturated heterocycles. The summed E-state index contributed by atoms with van der Waals surface area (Å²) in [5, 5.41) is 5.66. The number of aromatic nitrogens is 1. The van der Waals surface area contributed by atoms with E-state index < -0.39 is 0 Å². The van der Waals surface area contributed by atoms with Gasteiger partial charge in [0.05, 0.1) is 0 Å². The van der Waals surface area contributed by atoms with E-state index in [0.29, 0.717) is 16.5 Å². The van der Waals surface area contributed by atoms with Gasteiger partial charge >= 0.3 is 6.03 Å². The highest BCUT2D eigenvalue weighted by molar-refractivity contribution is 9.10. The summed E-state index contributed by atoms with van der Waals surface area (Å²) in [5.74, 6) is 0.560. The number of amides is 2. The van der Waals surface area contributed by atoms with Gasteiger partial charge < -0.3 is 5.32 Å². The lowest BCUT2D eigenvalue weighted by atomic mass is 10.2. The minimum absolute atomic E-state index is 0.169. The van der Waals surface area contributed by atoms with Gasteiger partial charge in [-0.25, -0.2) is 9.78 Å². The first-order valence-corrected chi connectivity index (χ1v) is 6.23. The Balaban J connectivity index is 1.86. The summed E-state index contributed by atoms with van der Waals surface area (Å²) in [6, 6.07) is 5.58. The van der Waals surface area contributed by atoms with Gasteiger partial charge in [0.15, 0.2) is 0 Å². The maximum Gasteiger partial charge on any atom is 0.320 e. The number of anilines is 1. The predicted octanol–water partition coefficient (Wildman–Crippen LogP) is 2.91. The quantitative estimate of drug-likeness (QED) is 0.820. The van der Waals surface area contributed by atoms with Gasteiger partial charge in [-0.05, 0) is 40.9 Å². The number of rotatable bonds is 2. The van der Waals surface area contributed by atoms with E-state index in [1.54, 1.807) is 6.07 Å². The SMILES string of the molecule is O=C(Nc1cccc(Br)n1)NC1CCCC1. The molecule has 5 heteroatoms. The third-order valence-electron chi connectivity index (χ3n) is 2.65. The summed E-state index contributed by atoms with van der Waals surface area (Å²) >= 11 is 3.26. The number of pyridine rings is 1. The summed E-state index contributed by atoms with van der Waals surface area (Å²) in [6.45, 7) is 0. The third kappa shape index (κ3) is 3.20. The zero-order valence-electron chi connectivity index (χ0n) is 8.87. The van der Waals surface area contributed by atoms with Crippen LogP contribution in [0.4, 0.5) is 10.6 Å². The van der Waals surface area contributed by atoms with Crippen molar-refractivity contribution in [2.45, 2.75) is 31.7 Å². The van der Waals surface area contributed by atoms with E-state index in [1.807, 2.05) is 12.1 Å². The molecule has 1 heterocycles. The number of halogens is 1. The molecule has 1 aliphatic rings. The molecule has 0 radical (unpaired) electrons. The van der Waals surface area contributed by atoms with Gasteiger partial charge in [0, 0.05) is 6.04 Å².